The number of hydrogen-bond acceptors (Lipinski definition) is 2. The summed E-state index contributed by atoms with van der Waals surface area (Å²) in [4.78, 5) is 10.2. The van der Waals surface area contributed by atoms with Gasteiger partial charge >= 0.3 is 5.97 Å². The summed E-state index contributed by atoms with van der Waals surface area (Å²) in [6.45, 7) is 0.942. The van der Waals surface area contributed by atoms with Crippen molar-refractivity contribution in [2.45, 2.75) is 38.5 Å². The van der Waals surface area contributed by atoms with Crippen molar-refractivity contribution in [3.05, 3.63) is 0 Å². The van der Waals surface area contributed by atoms with Crippen molar-refractivity contribution in [2.75, 3.05) is 6.61 Å². The van der Waals surface area contributed by atoms with Gasteiger partial charge in [0, 0.05) is 13.3 Å². The highest BCUT2D eigenvalue weighted by molar-refractivity contribution is 5.65. The van der Waals surface area contributed by atoms with E-state index in [1.54, 1.807) is 0 Å². The average Bonchev–Trinajstić information content (AvgIpc) is 1.78. The van der Waals surface area contributed by atoms with E-state index >= 15 is 0 Å². The zero-order valence-electron chi connectivity index (χ0n) is 7.95. The Kier molecular flexibility index (Phi) is 4.35. The molecule has 0 aliphatic rings. The van der Waals surface area contributed by atoms with Crippen LogP contribution in [0.25, 0.3) is 0 Å². The molecular weight excluding hydrogens is 204 g/mol. The molecule has 2 nitrogen and oxygen atoms in total. The van der Waals surface area contributed by atoms with E-state index in [1.165, 1.54) is 0 Å². The first-order chi connectivity index (χ1) is 6.12. The smallest absolute Gasteiger partial charge is 0.302 e. The maximum absolute atomic E-state index is 12.7. The van der Waals surface area contributed by atoms with Crippen LogP contribution in [0.5, 0.6) is 0 Å². The van der Waals surface area contributed by atoms with Gasteiger partial charge < -0.3 is 4.74 Å². The molecule has 0 aliphatic heterocycles. The lowest BCUT2D eigenvalue weighted by Crippen LogP contribution is -2.28. The number of rotatable bonds is 5. The molecule has 0 saturated heterocycles. The Morgan fingerprint density at radius 1 is 1.29 bits per heavy atom. The van der Waals surface area contributed by atoms with E-state index in [-0.39, 0.29) is 0 Å². The highest BCUT2D eigenvalue weighted by Crippen LogP contribution is 2.32. The van der Waals surface area contributed by atoms with Gasteiger partial charge in [-0.15, -0.1) is 0 Å². The Morgan fingerprint density at radius 3 is 2.14 bits per heavy atom. The second-order valence-electron chi connectivity index (χ2n) is 3.19. The van der Waals surface area contributed by atoms with Gasteiger partial charge in [-0.1, -0.05) is 0 Å². The molecule has 0 bridgehead atoms. The van der Waals surface area contributed by atoms with Crippen molar-refractivity contribution in [3.63, 3.8) is 0 Å². The lowest BCUT2D eigenvalue weighted by molar-refractivity contribution is -0.146. The van der Waals surface area contributed by atoms with Crippen LogP contribution >= 0.6 is 0 Å². The van der Waals surface area contributed by atoms with Crippen LogP contribution in [0.1, 0.15) is 26.7 Å². The van der Waals surface area contributed by atoms with Crippen molar-refractivity contribution < 1.29 is 27.1 Å². The van der Waals surface area contributed by atoms with Gasteiger partial charge in [0.1, 0.15) is 0 Å². The maximum Gasteiger partial charge on any atom is 0.302 e. The maximum atomic E-state index is 12.7. The molecular formula is C8H12F4O2. The van der Waals surface area contributed by atoms with Gasteiger partial charge in [0.25, 0.3) is 11.8 Å². The van der Waals surface area contributed by atoms with Crippen LogP contribution in [0.4, 0.5) is 17.6 Å². The molecule has 0 unspecified atom stereocenters. The lowest BCUT2D eigenvalue weighted by Gasteiger charge is -2.19. The zero-order valence-corrected chi connectivity index (χ0v) is 7.95. The summed E-state index contributed by atoms with van der Waals surface area (Å²) in [7, 11) is 0. The van der Waals surface area contributed by atoms with Crippen molar-refractivity contribution in [2.24, 2.45) is 0 Å². The van der Waals surface area contributed by atoms with E-state index < -0.39 is 37.3 Å². The Balaban J connectivity index is 3.89. The Morgan fingerprint density at radius 2 is 1.79 bits per heavy atom. The third-order valence-electron chi connectivity index (χ3n) is 1.34. The van der Waals surface area contributed by atoms with Crippen LogP contribution in [-0.4, -0.2) is 24.4 Å². The largest absolute Gasteiger partial charge is 0.466 e. The molecule has 0 heterocycles. The summed E-state index contributed by atoms with van der Waals surface area (Å²) in [5.74, 6) is -7.63. The molecule has 0 aromatic rings. The Hall–Kier alpha value is -0.810. The molecule has 0 saturated carbocycles. The molecule has 0 N–H and O–H groups in total. The number of esters is 1. The molecule has 0 atom stereocenters. The predicted octanol–water partition coefficient (Wildman–Crippen LogP) is 2.62. The molecule has 0 aromatic heterocycles. The minimum absolute atomic E-state index is 0.423. The predicted molar refractivity (Wildman–Crippen MR) is 41.4 cm³/mol. The van der Waals surface area contributed by atoms with E-state index in [4.69, 9.17) is 0 Å². The zero-order chi connectivity index (χ0) is 11.4. The third-order valence-corrected chi connectivity index (χ3v) is 1.34. The van der Waals surface area contributed by atoms with E-state index in [2.05, 4.69) is 4.74 Å². The minimum atomic E-state index is -3.51. The molecule has 14 heavy (non-hydrogen) atoms. The van der Waals surface area contributed by atoms with Crippen LogP contribution in [0.2, 0.25) is 0 Å². The fourth-order valence-corrected chi connectivity index (χ4v) is 0.887. The molecule has 0 rings (SSSR count). The average molecular weight is 216 g/mol. The first-order valence-electron chi connectivity index (χ1n) is 4.01. The van der Waals surface area contributed by atoms with Crippen LogP contribution in [-0.2, 0) is 9.53 Å². The van der Waals surface area contributed by atoms with Gasteiger partial charge in [-0.25, -0.2) is 17.6 Å². The molecule has 84 valence electrons. The van der Waals surface area contributed by atoms with E-state index in [1.807, 2.05) is 0 Å². The van der Waals surface area contributed by atoms with E-state index in [0.717, 1.165) is 6.92 Å². The topological polar surface area (TPSA) is 26.3 Å². The van der Waals surface area contributed by atoms with Gasteiger partial charge in [-0.3, -0.25) is 4.79 Å². The molecule has 0 spiro atoms. The Bertz CT molecular complexity index is 198. The van der Waals surface area contributed by atoms with Crippen LogP contribution in [0.3, 0.4) is 0 Å². The van der Waals surface area contributed by atoms with Crippen molar-refractivity contribution in [3.8, 4) is 0 Å². The van der Waals surface area contributed by atoms with Gasteiger partial charge in [0.15, 0.2) is 0 Å². The fourth-order valence-electron chi connectivity index (χ4n) is 0.887. The first kappa shape index (κ1) is 13.2. The first-order valence-corrected chi connectivity index (χ1v) is 4.01. The number of carbonyl (C=O) groups excluding carboxylic acids is 1. The molecule has 0 aromatic carbocycles. The van der Waals surface area contributed by atoms with Gasteiger partial charge in [-0.2, -0.15) is 0 Å². The molecule has 0 fully saturated rings. The highest BCUT2D eigenvalue weighted by Gasteiger charge is 2.39. The standard InChI is InChI=1S/C8H12F4O2/c1-6(13)14-4-3-8(11,12)5-7(2,9)10/h3-5H2,1-2H3. The monoisotopic (exact) mass is 216 g/mol. The number of hydrogen-bond donors (Lipinski definition) is 0. The van der Waals surface area contributed by atoms with Crippen molar-refractivity contribution in [1.29, 1.82) is 0 Å². The second kappa shape index (κ2) is 4.61. The summed E-state index contributed by atoms with van der Waals surface area (Å²) in [6, 6.07) is 0. The Labute approximate surface area is 79.2 Å². The van der Waals surface area contributed by atoms with E-state index in [0.29, 0.717) is 6.92 Å². The van der Waals surface area contributed by atoms with Crippen LogP contribution in [0.15, 0.2) is 0 Å². The minimum Gasteiger partial charge on any atom is -0.466 e. The third kappa shape index (κ3) is 7.82. The number of halogens is 4. The lowest BCUT2D eigenvalue weighted by atomic mass is 10.1. The number of carbonyl (C=O) groups is 1. The summed E-state index contributed by atoms with van der Waals surface area (Å²) in [5.41, 5.74) is 0. The summed E-state index contributed by atoms with van der Waals surface area (Å²) in [6.07, 6.45) is -2.41. The quantitative estimate of drug-likeness (QED) is 0.521. The summed E-state index contributed by atoms with van der Waals surface area (Å²) < 4.78 is 54.1. The van der Waals surface area contributed by atoms with Gasteiger partial charge in [0.2, 0.25) is 0 Å². The number of alkyl halides is 4. The molecule has 0 amide bonds. The van der Waals surface area contributed by atoms with Crippen molar-refractivity contribution >= 4 is 5.97 Å². The van der Waals surface area contributed by atoms with E-state index in [9.17, 15) is 22.4 Å². The molecule has 6 heteroatoms. The highest BCUT2D eigenvalue weighted by atomic mass is 19.3. The van der Waals surface area contributed by atoms with Crippen molar-refractivity contribution in [1.82, 2.24) is 0 Å². The number of ether oxygens (including phenoxy) is 1. The van der Waals surface area contributed by atoms with Gasteiger partial charge in [-0.05, 0) is 6.92 Å². The van der Waals surface area contributed by atoms with Gasteiger partial charge in [0.05, 0.1) is 13.0 Å². The summed E-state index contributed by atoms with van der Waals surface area (Å²) in [5, 5.41) is 0. The SMILES string of the molecule is CC(=O)OCCC(F)(F)CC(C)(F)F. The molecule has 0 aliphatic carbocycles. The van der Waals surface area contributed by atoms with Crippen LogP contribution < -0.4 is 0 Å². The summed E-state index contributed by atoms with van der Waals surface area (Å²) >= 11 is 0. The van der Waals surface area contributed by atoms with Crippen LogP contribution in [0, 0.1) is 0 Å². The normalized spacial score (nSPS) is 12.7. The fraction of sp³-hybridized carbons (Fsp3) is 0.875. The second-order valence-corrected chi connectivity index (χ2v) is 3.19. The molecule has 0 radical (unpaired) electrons.